The Balaban J connectivity index is 2.73. The van der Waals surface area contributed by atoms with E-state index in [-0.39, 0.29) is 0 Å². The van der Waals surface area contributed by atoms with E-state index < -0.39 is 0 Å². The number of benzene rings is 1. The van der Waals surface area contributed by atoms with Gasteiger partial charge in [0, 0.05) is 22.1 Å². The quantitative estimate of drug-likeness (QED) is 0.913. The molecule has 2 N–H and O–H groups in total. The number of rotatable bonds is 3. The van der Waals surface area contributed by atoms with Gasteiger partial charge in [0.1, 0.15) is 5.75 Å². The fourth-order valence-corrected chi connectivity index (χ4v) is 2.74. The fraction of sp³-hybridized carbons (Fsp3) is 0.273. The molecule has 1 aromatic carbocycles. The van der Waals surface area contributed by atoms with Crippen LogP contribution in [0.25, 0.3) is 10.9 Å². The first-order chi connectivity index (χ1) is 7.69. The molecule has 0 aliphatic rings. The van der Waals surface area contributed by atoms with Crippen molar-refractivity contribution in [1.82, 2.24) is 10.3 Å². The van der Waals surface area contributed by atoms with E-state index in [1.807, 2.05) is 19.2 Å². The lowest BCUT2D eigenvalue weighted by atomic mass is 10.2. The second kappa shape index (κ2) is 4.65. The minimum absolute atomic E-state index is 0.710. The van der Waals surface area contributed by atoms with Gasteiger partial charge in [-0.2, -0.15) is 0 Å². The summed E-state index contributed by atoms with van der Waals surface area (Å²) < 4.78 is 6.28. The van der Waals surface area contributed by atoms with E-state index in [1.165, 1.54) is 0 Å². The van der Waals surface area contributed by atoms with Gasteiger partial charge in [0.2, 0.25) is 0 Å². The number of hydrogen-bond acceptors (Lipinski definition) is 2. The van der Waals surface area contributed by atoms with Crippen LogP contribution in [0.5, 0.6) is 5.75 Å². The summed E-state index contributed by atoms with van der Waals surface area (Å²) in [5.41, 5.74) is 1.98. The van der Waals surface area contributed by atoms with Crippen molar-refractivity contribution in [1.29, 1.82) is 0 Å². The molecule has 0 aliphatic heterocycles. The normalized spacial score (nSPS) is 11.0. The van der Waals surface area contributed by atoms with Crippen LogP contribution in [-0.2, 0) is 6.54 Å². The Labute approximate surface area is 107 Å². The van der Waals surface area contributed by atoms with E-state index in [0.29, 0.717) is 5.02 Å². The Bertz CT molecular complexity index is 524. The van der Waals surface area contributed by atoms with Crippen LogP contribution in [0.1, 0.15) is 5.69 Å². The van der Waals surface area contributed by atoms with Gasteiger partial charge in [0.25, 0.3) is 0 Å². The van der Waals surface area contributed by atoms with Crippen LogP contribution < -0.4 is 10.1 Å². The molecule has 0 amide bonds. The van der Waals surface area contributed by atoms with E-state index in [1.54, 1.807) is 7.11 Å². The molecule has 86 valence electrons. The van der Waals surface area contributed by atoms with Gasteiger partial charge in [0.05, 0.1) is 17.6 Å². The summed E-state index contributed by atoms with van der Waals surface area (Å²) in [6.45, 7) is 0.745. The predicted octanol–water partition coefficient (Wildman–Crippen LogP) is 3.31. The molecule has 16 heavy (non-hydrogen) atoms. The van der Waals surface area contributed by atoms with Crippen LogP contribution in [0.15, 0.2) is 16.6 Å². The van der Waals surface area contributed by atoms with Gasteiger partial charge in [-0.05, 0) is 35.1 Å². The van der Waals surface area contributed by atoms with Crippen molar-refractivity contribution in [3.05, 3.63) is 27.3 Å². The zero-order valence-electron chi connectivity index (χ0n) is 9.03. The lowest BCUT2D eigenvalue weighted by Gasteiger charge is -2.02. The fourth-order valence-electron chi connectivity index (χ4n) is 1.72. The zero-order valence-corrected chi connectivity index (χ0v) is 11.4. The Hall–Kier alpha value is -0.710. The van der Waals surface area contributed by atoms with E-state index in [2.05, 4.69) is 26.2 Å². The minimum Gasteiger partial charge on any atom is -0.495 e. The molecule has 1 aromatic heterocycles. The monoisotopic (exact) mass is 302 g/mol. The summed E-state index contributed by atoms with van der Waals surface area (Å²) in [6.07, 6.45) is 0. The van der Waals surface area contributed by atoms with Gasteiger partial charge in [0.15, 0.2) is 0 Å². The molecule has 0 unspecified atom stereocenters. The molecule has 0 atom stereocenters. The number of aromatic amines is 1. The first-order valence-electron chi connectivity index (χ1n) is 4.86. The third kappa shape index (κ3) is 1.81. The van der Waals surface area contributed by atoms with E-state index in [4.69, 9.17) is 16.3 Å². The molecule has 2 rings (SSSR count). The molecule has 0 fully saturated rings. The number of aromatic nitrogens is 1. The van der Waals surface area contributed by atoms with Crippen molar-refractivity contribution < 1.29 is 4.74 Å². The van der Waals surface area contributed by atoms with E-state index in [9.17, 15) is 0 Å². The Kier molecular flexibility index (Phi) is 3.42. The molecule has 0 aliphatic carbocycles. The van der Waals surface area contributed by atoms with Crippen molar-refractivity contribution >= 4 is 38.4 Å². The van der Waals surface area contributed by atoms with Crippen LogP contribution in [0.3, 0.4) is 0 Å². The zero-order chi connectivity index (χ0) is 11.7. The highest BCUT2D eigenvalue weighted by atomic mass is 79.9. The van der Waals surface area contributed by atoms with Gasteiger partial charge in [-0.3, -0.25) is 0 Å². The van der Waals surface area contributed by atoms with Gasteiger partial charge >= 0.3 is 0 Å². The third-order valence-electron chi connectivity index (χ3n) is 2.45. The molecule has 3 nitrogen and oxygen atoms in total. The average molecular weight is 304 g/mol. The summed E-state index contributed by atoms with van der Waals surface area (Å²) in [5, 5.41) is 4.77. The summed E-state index contributed by atoms with van der Waals surface area (Å²) >= 11 is 9.73. The lowest BCUT2D eigenvalue weighted by Crippen LogP contribution is -2.05. The third-order valence-corrected chi connectivity index (χ3v) is 3.64. The molecule has 0 radical (unpaired) electrons. The summed E-state index contributed by atoms with van der Waals surface area (Å²) in [5.74, 6) is 0.794. The molecule has 0 saturated heterocycles. The molecular formula is C11H12BrClN2O. The Morgan fingerprint density at radius 3 is 2.88 bits per heavy atom. The maximum absolute atomic E-state index is 6.18. The lowest BCUT2D eigenvalue weighted by molar-refractivity contribution is 0.419. The molecule has 5 heteroatoms. The molecule has 2 aromatic rings. The van der Waals surface area contributed by atoms with Crippen LogP contribution in [-0.4, -0.2) is 19.1 Å². The number of hydrogen-bond donors (Lipinski definition) is 2. The van der Waals surface area contributed by atoms with Crippen molar-refractivity contribution in [2.45, 2.75) is 6.54 Å². The average Bonchev–Trinajstić information content (AvgIpc) is 2.59. The van der Waals surface area contributed by atoms with Crippen molar-refractivity contribution in [3.63, 3.8) is 0 Å². The highest BCUT2D eigenvalue weighted by Crippen LogP contribution is 2.38. The van der Waals surface area contributed by atoms with Crippen LogP contribution in [0, 0.1) is 0 Å². The number of ether oxygens (including phenoxy) is 1. The summed E-state index contributed by atoms with van der Waals surface area (Å²) in [6, 6.07) is 3.70. The topological polar surface area (TPSA) is 37.0 Å². The summed E-state index contributed by atoms with van der Waals surface area (Å²) in [7, 11) is 3.55. The van der Waals surface area contributed by atoms with Crippen LogP contribution in [0.4, 0.5) is 0 Å². The highest BCUT2D eigenvalue weighted by molar-refractivity contribution is 9.10. The highest BCUT2D eigenvalue weighted by Gasteiger charge is 2.14. The molecular weight excluding hydrogens is 291 g/mol. The first-order valence-corrected chi connectivity index (χ1v) is 6.03. The van der Waals surface area contributed by atoms with Crippen LogP contribution >= 0.6 is 27.5 Å². The van der Waals surface area contributed by atoms with E-state index >= 15 is 0 Å². The number of nitrogens with one attached hydrogen (secondary N) is 2. The van der Waals surface area contributed by atoms with Gasteiger partial charge < -0.3 is 15.0 Å². The number of halogens is 2. The predicted molar refractivity (Wildman–Crippen MR) is 70.3 cm³/mol. The largest absolute Gasteiger partial charge is 0.495 e. The first kappa shape index (κ1) is 11.8. The Morgan fingerprint density at radius 2 is 2.25 bits per heavy atom. The summed E-state index contributed by atoms with van der Waals surface area (Å²) in [4.78, 5) is 3.31. The molecule has 0 saturated carbocycles. The molecule has 1 heterocycles. The second-order valence-corrected chi connectivity index (χ2v) is 4.65. The maximum atomic E-state index is 6.18. The van der Waals surface area contributed by atoms with Gasteiger partial charge in [-0.15, -0.1) is 0 Å². The number of H-pyrrole nitrogens is 1. The second-order valence-electron chi connectivity index (χ2n) is 3.45. The molecule has 0 spiro atoms. The number of fused-ring (bicyclic) bond motifs is 1. The maximum Gasteiger partial charge on any atom is 0.143 e. The van der Waals surface area contributed by atoms with Crippen molar-refractivity contribution in [2.75, 3.05) is 14.2 Å². The van der Waals surface area contributed by atoms with Crippen molar-refractivity contribution in [2.24, 2.45) is 0 Å². The number of methoxy groups -OCH3 is 1. The standard InChI is InChI=1S/C11H12BrClN2O/c1-14-5-7-10(12)9-6(13)3-4-8(16-2)11(9)15-7/h3-4,14-15H,5H2,1-2H3. The molecule has 0 bridgehead atoms. The smallest absolute Gasteiger partial charge is 0.143 e. The van der Waals surface area contributed by atoms with Crippen molar-refractivity contribution in [3.8, 4) is 5.75 Å². The van der Waals surface area contributed by atoms with Crippen LogP contribution in [0.2, 0.25) is 5.02 Å². The van der Waals surface area contributed by atoms with Gasteiger partial charge in [-0.25, -0.2) is 0 Å². The SMILES string of the molecule is CNCc1[nH]c2c(OC)ccc(Cl)c2c1Br. The Morgan fingerprint density at radius 1 is 1.50 bits per heavy atom. The van der Waals surface area contributed by atoms with Gasteiger partial charge in [-0.1, -0.05) is 11.6 Å². The van der Waals surface area contributed by atoms with E-state index in [0.717, 1.165) is 33.4 Å². The minimum atomic E-state index is 0.710.